The maximum Gasteiger partial charge on any atom is 0.335 e. The lowest BCUT2D eigenvalue weighted by molar-refractivity contribution is -0.122. The molecule has 1 saturated heterocycles. The number of halogens is 1. The van der Waals surface area contributed by atoms with E-state index in [0.29, 0.717) is 28.7 Å². The van der Waals surface area contributed by atoms with Crippen molar-refractivity contribution in [3.8, 4) is 11.5 Å². The molecule has 1 N–H and O–H groups in total. The van der Waals surface area contributed by atoms with Crippen LogP contribution in [0.4, 0.5) is 10.5 Å². The number of benzene rings is 3. The molecule has 7 nitrogen and oxygen atoms in total. The number of nitrogens with one attached hydrogen (secondary N) is 1. The first-order valence-electron chi connectivity index (χ1n) is 10.8. The van der Waals surface area contributed by atoms with E-state index >= 15 is 0 Å². The largest absolute Gasteiger partial charge is 0.493 e. The van der Waals surface area contributed by atoms with Gasteiger partial charge in [-0.25, -0.2) is 9.69 Å². The number of carbonyl (C=O) groups excluding carboxylic acids is 3. The maximum absolute atomic E-state index is 13.1. The molecule has 1 aliphatic heterocycles. The second-order valence-corrected chi connectivity index (χ2v) is 8.49. The van der Waals surface area contributed by atoms with E-state index in [-0.39, 0.29) is 11.3 Å². The predicted octanol–water partition coefficient (Wildman–Crippen LogP) is 5.21. The summed E-state index contributed by atoms with van der Waals surface area (Å²) in [6.45, 7) is 4.17. The molecule has 178 valence electrons. The zero-order valence-corrected chi connectivity index (χ0v) is 20.2. The summed E-state index contributed by atoms with van der Waals surface area (Å²) in [5.74, 6) is -0.582. The Hall–Kier alpha value is -4.10. The number of nitrogens with zero attached hydrogens (tertiary/aromatic N) is 1. The minimum Gasteiger partial charge on any atom is -0.493 e. The summed E-state index contributed by atoms with van der Waals surface area (Å²) >= 11 is 6.17. The van der Waals surface area contributed by atoms with E-state index in [2.05, 4.69) is 5.32 Å². The fraction of sp³-hybridized carbons (Fsp3) is 0.148. The monoisotopic (exact) mass is 490 g/mol. The Morgan fingerprint density at radius 2 is 1.77 bits per heavy atom. The topological polar surface area (TPSA) is 84.9 Å². The van der Waals surface area contributed by atoms with Crippen LogP contribution >= 0.6 is 11.6 Å². The van der Waals surface area contributed by atoms with E-state index in [1.165, 1.54) is 19.3 Å². The molecule has 1 aliphatic rings. The number of rotatable bonds is 6. The average molecular weight is 491 g/mol. The summed E-state index contributed by atoms with van der Waals surface area (Å²) in [5, 5.41) is 2.61. The summed E-state index contributed by atoms with van der Waals surface area (Å²) in [6, 6.07) is 17.0. The van der Waals surface area contributed by atoms with Gasteiger partial charge in [0.25, 0.3) is 11.8 Å². The van der Waals surface area contributed by atoms with Crippen LogP contribution in [-0.4, -0.2) is 25.0 Å². The summed E-state index contributed by atoms with van der Waals surface area (Å²) in [6.07, 6.45) is 1.40. The molecular weight excluding hydrogens is 468 g/mol. The van der Waals surface area contributed by atoms with E-state index in [1.807, 2.05) is 31.2 Å². The van der Waals surface area contributed by atoms with E-state index in [9.17, 15) is 14.4 Å². The summed E-state index contributed by atoms with van der Waals surface area (Å²) in [4.78, 5) is 38.9. The SMILES string of the molecule is COc1cc(/C=C2/C(=O)NC(=O)N(c3ccc(C)c(Cl)c3)C2=O)ccc1OCc1cccc(C)c1. The number of aryl methyl sites for hydroxylation is 2. The Balaban J connectivity index is 1.60. The first kappa shape index (κ1) is 24.0. The normalized spacial score (nSPS) is 14.8. The van der Waals surface area contributed by atoms with Gasteiger partial charge in [0.1, 0.15) is 12.2 Å². The van der Waals surface area contributed by atoms with Crippen molar-refractivity contribution in [1.29, 1.82) is 0 Å². The Morgan fingerprint density at radius 3 is 2.49 bits per heavy atom. The molecule has 4 rings (SSSR count). The van der Waals surface area contributed by atoms with Crippen molar-refractivity contribution in [1.82, 2.24) is 5.32 Å². The van der Waals surface area contributed by atoms with Crippen LogP contribution in [0.5, 0.6) is 11.5 Å². The molecule has 35 heavy (non-hydrogen) atoms. The molecule has 0 spiro atoms. The van der Waals surface area contributed by atoms with E-state index in [1.54, 1.807) is 37.3 Å². The lowest BCUT2D eigenvalue weighted by atomic mass is 10.1. The second kappa shape index (κ2) is 10.0. The van der Waals surface area contributed by atoms with Crippen molar-refractivity contribution in [3.63, 3.8) is 0 Å². The Kier molecular flexibility index (Phi) is 6.89. The zero-order chi connectivity index (χ0) is 25.1. The van der Waals surface area contributed by atoms with Gasteiger partial charge in [0, 0.05) is 5.02 Å². The minimum absolute atomic E-state index is 0.197. The minimum atomic E-state index is -0.838. The molecule has 8 heteroatoms. The van der Waals surface area contributed by atoms with Crippen molar-refractivity contribution >= 4 is 41.2 Å². The van der Waals surface area contributed by atoms with Crippen LogP contribution in [0, 0.1) is 13.8 Å². The van der Waals surface area contributed by atoms with Gasteiger partial charge in [-0.3, -0.25) is 14.9 Å². The van der Waals surface area contributed by atoms with E-state index < -0.39 is 17.8 Å². The summed E-state index contributed by atoms with van der Waals surface area (Å²) in [5.41, 5.74) is 3.54. The quantitative estimate of drug-likeness (QED) is 0.378. The van der Waals surface area contributed by atoms with Crippen molar-refractivity contribution in [2.24, 2.45) is 0 Å². The summed E-state index contributed by atoms with van der Waals surface area (Å²) in [7, 11) is 1.51. The van der Waals surface area contributed by atoms with E-state index in [4.69, 9.17) is 21.1 Å². The molecule has 0 aromatic heterocycles. The molecule has 0 saturated carbocycles. The molecule has 1 fully saturated rings. The molecule has 0 aliphatic carbocycles. The maximum atomic E-state index is 13.1. The van der Waals surface area contributed by atoms with Crippen molar-refractivity contribution in [3.05, 3.63) is 93.5 Å². The molecule has 4 amide bonds. The van der Waals surface area contributed by atoms with Gasteiger partial charge in [-0.1, -0.05) is 53.6 Å². The smallest absolute Gasteiger partial charge is 0.335 e. The van der Waals surface area contributed by atoms with Gasteiger partial charge in [0.2, 0.25) is 0 Å². The third-order valence-electron chi connectivity index (χ3n) is 5.49. The number of imide groups is 2. The first-order chi connectivity index (χ1) is 16.8. The highest BCUT2D eigenvalue weighted by Gasteiger charge is 2.37. The number of hydrogen-bond donors (Lipinski definition) is 1. The number of methoxy groups -OCH3 is 1. The van der Waals surface area contributed by atoms with Crippen molar-refractivity contribution in [2.45, 2.75) is 20.5 Å². The van der Waals surface area contributed by atoms with Crippen LogP contribution in [0.15, 0.2) is 66.2 Å². The molecule has 0 bridgehead atoms. The van der Waals surface area contributed by atoms with Crippen LogP contribution in [-0.2, 0) is 16.2 Å². The molecule has 3 aromatic rings. The van der Waals surface area contributed by atoms with Gasteiger partial charge in [-0.2, -0.15) is 0 Å². The Morgan fingerprint density at radius 1 is 0.971 bits per heavy atom. The lowest BCUT2D eigenvalue weighted by Gasteiger charge is -2.26. The highest BCUT2D eigenvalue weighted by Crippen LogP contribution is 2.31. The average Bonchev–Trinajstić information content (AvgIpc) is 2.83. The van der Waals surface area contributed by atoms with Gasteiger partial charge in [0.15, 0.2) is 11.5 Å². The van der Waals surface area contributed by atoms with Gasteiger partial charge in [0.05, 0.1) is 12.8 Å². The van der Waals surface area contributed by atoms with Gasteiger partial charge >= 0.3 is 6.03 Å². The summed E-state index contributed by atoms with van der Waals surface area (Å²) < 4.78 is 11.4. The number of anilines is 1. The number of hydrogen-bond acceptors (Lipinski definition) is 5. The van der Waals surface area contributed by atoms with Crippen molar-refractivity contribution < 1.29 is 23.9 Å². The predicted molar refractivity (Wildman–Crippen MR) is 134 cm³/mol. The van der Waals surface area contributed by atoms with Crippen LogP contribution in [0.1, 0.15) is 22.3 Å². The van der Waals surface area contributed by atoms with Crippen molar-refractivity contribution in [2.75, 3.05) is 12.0 Å². The zero-order valence-electron chi connectivity index (χ0n) is 19.4. The number of carbonyl (C=O) groups is 3. The van der Waals surface area contributed by atoms with E-state index in [0.717, 1.165) is 21.6 Å². The van der Waals surface area contributed by atoms with Crippen LogP contribution < -0.4 is 19.7 Å². The van der Waals surface area contributed by atoms with Gasteiger partial charge in [-0.15, -0.1) is 0 Å². The first-order valence-corrected chi connectivity index (χ1v) is 11.2. The third-order valence-corrected chi connectivity index (χ3v) is 5.90. The molecule has 0 atom stereocenters. The second-order valence-electron chi connectivity index (χ2n) is 8.08. The molecule has 1 heterocycles. The fourth-order valence-corrected chi connectivity index (χ4v) is 3.81. The number of ether oxygens (including phenoxy) is 2. The highest BCUT2D eigenvalue weighted by molar-refractivity contribution is 6.39. The third kappa shape index (κ3) is 5.20. The highest BCUT2D eigenvalue weighted by atomic mass is 35.5. The standard InChI is InChI=1S/C27H23ClN2O5/c1-16-5-4-6-19(11-16)15-35-23-10-8-18(13-24(23)34-3)12-21-25(31)29-27(33)30(26(21)32)20-9-7-17(2)22(28)14-20/h4-14H,15H2,1-3H3,(H,29,31,33)/b21-12-. The number of barbiturate groups is 1. The lowest BCUT2D eigenvalue weighted by Crippen LogP contribution is -2.54. The van der Waals surface area contributed by atoms with Crippen LogP contribution in [0.3, 0.4) is 0 Å². The molecular formula is C27H23ClN2O5. The number of urea groups is 1. The number of amides is 4. The van der Waals surface area contributed by atoms with Crippen LogP contribution in [0.25, 0.3) is 6.08 Å². The molecule has 0 unspecified atom stereocenters. The van der Waals surface area contributed by atoms with Gasteiger partial charge < -0.3 is 9.47 Å². The van der Waals surface area contributed by atoms with Crippen LogP contribution in [0.2, 0.25) is 5.02 Å². The molecule has 3 aromatic carbocycles. The molecule has 0 radical (unpaired) electrons. The Bertz CT molecular complexity index is 1370. The fourth-order valence-electron chi connectivity index (χ4n) is 3.64. The van der Waals surface area contributed by atoms with Gasteiger partial charge in [-0.05, 0) is 60.9 Å². The Labute approximate surface area is 207 Å².